The average molecular weight is 430 g/mol. The van der Waals surface area contributed by atoms with E-state index in [-0.39, 0.29) is 12.1 Å². The number of carbonyl (C=O) groups is 1. The Labute approximate surface area is 179 Å². The molecule has 8 nitrogen and oxygen atoms in total. The van der Waals surface area contributed by atoms with Crippen molar-refractivity contribution < 1.29 is 14.3 Å². The molecule has 4 rings (SSSR count). The van der Waals surface area contributed by atoms with E-state index in [1.807, 2.05) is 32.4 Å². The van der Waals surface area contributed by atoms with Gasteiger partial charge in [-0.25, -0.2) is 14.8 Å². The van der Waals surface area contributed by atoms with Crippen LogP contribution in [0.2, 0.25) is 0 Å². The third kappa shape index (κ3) is 3.91. The zero-order chi connectivity index (χ0) is 21.4. The SMILES string of the molecule is CCOC(=O)c1sc2nc(C)nc(N3CCOC(Cn4nc(C)cc4C)C3)c2c1C. The topological polar surface area (TPSA) is 82.4 Å². The van der Waals surface area contributed by atoms with Crippen molar-refractivity contribution in [1.82, 2.24) is 19.7 Å². The quantitative estimate of drug-likeness (QED) is 0.576. The molecule has 1 unspecified atom stereocenters. The van der Waals surface area contributed by atoms with Gasteiger partial charge in [0.25, 0.3) is 0 Å². The number of rotatable bonds is 5. The van der Waals surface area contributed by atoms with Crippen molar-refractivity contribution in [2.75, 3.05) is 31.2 Å². The van der Waals surface area contributed by atoms with Gasteiger partial charge >= 0.3 is 5.97 Å². The summed E-state index contributed by atoms with van der Waals surface area (Å²) >= 11 is 1.37. The molecule has 1 saturated heterocycles. The van der Waals surface area contributed by atoms with E-state index in [9.17, 15) is 4.79 Å². The van der Waals surface area contributed by atoms with E-state index in [1.54, 1.807) is 0 Å². The summed E-state index contributed by atoms with van der Waals surface area (Å²) in [6.07, 6.45) is 0.00513. The molecule has 3 aromatic rings. The Morgan fingerprint density at radius 1 is 1.30 bits per heavy atom. The zero-order valence-electron chi connectivity index (χ0n) is 18.1. The van der Waals surface area contributed by atoms with Gasteiger partial charge in [0.15, 0.2) is 0 Å². The molecule has 4 heterocycles. The molecule has 0 aliphatic carbocycles. The summed E-state index contributed by atoms with van der Waals surface area (Å²) in [4.78, 5) is 25.4. The molecule has 1 aliphatic rings. The van der Waals surface area contributed by atoms with Crippen molar-refractivity contribution >= 4 is 33.3 Å². The van der Waals surface area contributed by atoms with E-state index in [1.165, 1.54) is 11.3 Å². The predicted octanol–water partition coefficient (Wildman–Crippen LogP) is 3.20. The molecule has 0 N–H and O–H groups in total. The molecule has 1 aliphatic heterocycles. The fourth-order valence-electron chi connectivity index (χ4n) is 3.92. The number of hydrogen-bond donors (Lipinski definition) is 0. The van der Waals surface area contributed by atoms with Crippen molar-refractivity contribution in [2.24, 2.45) is 0 Å². The van der Waals surface area contributed by atoms with E-state index in [2.05, 4.69) is 28.0 Å². The monoisotopic (exact) mass is 429 g/mol. The lowest BCUT2D eigenvalue weighted by Crippen LogP contribution is -2.45. The fraction of sp³-hybridized carbons (Fsp3) is 0.524. The van der Waals surface area contributed by atoms with Crippen molar-refractivity contribution in [3.8, 4) is 0 Å². The number of anilines is 1. The van der Waals surface area contributed by atoms with Gasteiger partial charge in [-0.05, 0) is 46.2 Å². The molecule has 0 amide bonds. The van der Waals surface area contributed by atoms with E-state index >= 15 is 0 Å². The second-order valence-electron chi connectivity index (χ2n) is 7.60. The lowest BCUT2D eigenvalue weighted by atomic mass is 10.1. The molecular weight excluding hydrogens is 402 g/mol. The van der Waals surface area contributed by atoms with Gasteiger partial charge in [-0.1, -0.05) is 0 Å². The summed E-state index contributed by atoms with van der Waals surface area (Å²) in [6, 6.07) is 2.07. The maximum absolute atomic E-state index is 12.4. The largest absolute Gasteiger partial charge is 0.462 e. The van der Waals surface area contributed by atoms with Crippen LogP contribution in [0.1, 0.15) is 39.4 Å². The molecular formula is C21H27N5O3S. The molecule has 3 aromatic heterocycles. The molecule has 0 aromatic carbocycles. The van der Waals surface area contributed by atoms with Crippen LogP contribution < -0.4 is 4.90 Å². The van der Waals surface area contributed by atoms with Crippen LogP contribution in [0.25, 0.3) is 10.2 Å². The van der Waals surface area contributed by atoms with Crippen LogP contribution in [0.4, 0.5) is 5.82 Å². The number of ether oxygens (including phenoxy) is 2. The summed E-state index contributed by atoms with van der Waals surface area (Å²) in [5, 5.41) is 5.49. The third-order valence-corrected chi connectivity index (χ3v) is 6.43. The summed E-state index contributed by atoms with van der Waals surface area (Å²) in [7, 11) is 0. The Morgan fingerprint density at radius 2 is 2.10 bits per heavy atom. The van der Waals surface area contributed by atoms with Crippen molar-refractivity contribution in [1.29, 1.82) is 0 Å². The number of aromatic nitrogens is 4. The minimum atomic E-state index is -0.300. The molecule has 0 radical (unpaired) electrons. The van der Waals surface area contributed by atoms with E-state index in [4.69, 9.17) is 14.5 Å². The highest BCUT2D eigenvalue weighted by atomic mass is 32.1. The first-order chi connectivity index (χ1) is 14.4. The van der Waals surface area contributed by atoms with Gasteiger partial charge in [-0.15, -0.1) is 11.3 Å². The van der Waals surface area contributed by atoms with Crippen LogP contribution in [-0.2, 0) is 16.0 Å². The van der Waals surface area contributed by atoms with Crippen molar-refractivity contribution in [3.63, 3.8) is 0 Å². The van der Waals surface area contributed by atoms with Gasteiger partial charge < -0.3 is 14.4 Å². The Hall–Kier alpha value is -2.52. The van der Waals surface area contributed by atoms with Crippen molar-refractivity contribution in [3.05, 3.63) is 33.7 Å². The average Bonchev–Trinajstić information content (AvgIpc) is 3.20. The second kappa shape index (κ2) is 8.31. The standard InChI is InChI=1S/C21H27N5O3S/c1-6-28-21(27)18-14(4)17-19(22-15(5)23-20(17)30-18)25-7-8-29-16(10-25)11-26-13(3)9-12(2)24-26/h9,16H,6-8,10-11H2,1-5H3. The highest BCUT2D eigenvalue weighted by molar-refractivity contribution is 7.20. The van der Waals surface area contributed by atoms with Crippen LogP contribution in [0.15, 0.2) is 6.07 Å². The molecule has 0 spiro atoms. The zero-order valence-corrected chi connectivity index (χ0v) is 18.9. The Kier molecular flexibility index (Phi) is 5.75. The molecule has 1 fully saturated rings. The number of thiophene rings is 1. The molecule has 160 valence electrons. The van der Waals surface area contributed by atoms with E-state index < -0.39 is 0 Å². The minimum Gasteiger partial charge on any atom is -0.462 e. The van der Waals surface area contributed by atoms with Gasteiger partial charge in [0.2, 0.25) is 0 Å². The van der Waals surface area contributed by atoms with E-state index in [0.29, 0.717) is 37.0 Å². The summed E-state index contributed by atoms with van der Waals surface area (Å²) in [5.74, 6) is 1.25. The minimum absolute atomic E-state index is 0.00513. The highest BCUT2D eigenvalue weighted by Gasteiger charge is 2.27. The smallest absolute Gasteiger partial charge is 0.348 e. The number of carbonyl (C=O) groups excluding carboxylic acids is 1. The van der Waals surface area contributed by atoms with Crippen LogP contribution in [0.3, 0.4) is 0 Å². The number of morpholine rings is 1. The van der Waals surface area contributed by atoms with Gasteiger partial charge in [-0.2, -0.15) is 5.10 Å². The number of nitrogens with zero attached hydrogens (tertiary/aromatic N) is 5. The molecule has 30 heavy (non-hydrogen) atoms. The molecule has 0 bridgehead atoms. The Balaban J connectivity index is 1.66. The maximum Gasteiger partial charge on any atom is 0.348 e. The van der Waals surface area contributed by atoms with Gasteiger partial charge in [0, 0.05) is 18.8 Å². The van der Waals surface area contributed by atoms with Gasteiger partial charge in [0.05, 0.1) is 36.9 Å². The van der Waals surface area contributed by atoms with Gasteiger partial charge in [-0.3, -0.25) is 4.68 Å². The number of esters is 1. The molecule has 0 saturated carbocycles. The Bertz CT molecular complexity index is 1090. The first-order valence-corrected chi connectivity index (χ1v) is 11.0. The summed E-state index contributed by atoms with van der Waals surface area (Å²) in [5.41, 5.74) is 3.01. The number of fused-ring (bicyclic) bond motifs is 1. The van der Waals surface area contributed by atoms with Crippen LogP contribution in [-0.4, -0.2) is 58.1 Å². The van der Waals surface area contributed by atoms with Crippen LogP contribution in [0.5, 0.6) is 0 Å². The normalized spacial score (nSPS) is 17.0. The van der Waals surface area contributed by atoms with Crippen LogP contribution in [0, 0.1) is 27.7 Å². The van der Waals surface area contributed by atoms with Crippen molar-refractivity contribution in [2.45, 2.75) is 47.3 Å². The molecule has 1 atom stereocenters. The summed E-state index contributed by atoms with van der Waals surface area (Å²) in [6.45, 7) is 12.8. The Morgan fingerprint density at radius 3 is 2.80 bits per heavy atom. The third-order valence-electron chi connectivity index (χ3n) is 5.26. The number of aryl methyl sites for hydroxylation is 4. The lowest BCUT2D eigenvalue weighted by Gasteiger charge is -2.34. The second-order valence-corrected chi connectivity index (χ2v) is 8.60. The number of hydrogen-bond acceptors (Lipinski definition) is 8. The van der Waals surface area contributed by atoms with Crippen LogP contribution >= 0.6 is 11.3 Å². The lowest BCUT2D eigenvalue weighted by molar-refractivity contribution is 0.0268. The fourth-order valence-corrected chi connectivity index (χ4v) is 5.03. The highest BCUT2D eigenvalue weighted by Crippen LogP contribution is 2.36. The van der Waals surface area contributed by atoms with E-state index in [0.717, 1.165) is 39.5 Å². The van der Waals surface area contributed by atoms with Gasteiger partial charge in [0.1, 0.15) is 21.3 Å². The first kappa shape index (κ1) is 20.7. The predicted molar refractivity (Wildman–Crippen MR) is 116 cm³/mol. The summed E-state index contributed by atoms with van der Waals surface area (Å²) < 4.78 is 13.3. The maximum atomic E-state index is 12.4. The molecule has 9 heteroatoms. The first-order valence-electron chi connectivity index (χ1n) is 10.2.